The Morgan fingerprint density at radius 2 is 2.12 bits per heavy atom. The molecule has 0 spiro atoms. The number of rotatable bonds is 6. The highest BCUT2D eigenvalue weighted by Gasteiger charge is 2.30. The maximum absolute atomic E-state index is 12.0. The van der Waals surface area contributed by atoms with Crippen LogP contribution in [0.2, 0.25) is 0 Å². The van der Waals surface area contributed by atoms with E-state index < -0.39 is 0 Å². The van der Waals surface area contributed by atoms with Crippen molar-refractivity contribution in [2.24, 2.45) is 17.1 Å². The molecule has 1 rings (SSSR count). The number of hydrogen-bond donors (Lipinski definition) is 2. The molecule has 0 bridgehead atoms. The lowest BCUT2D eigenvalue weighted by Crippen LogP contribution is -2.43. The Balaban J connectivity index is 2.41. The SMILES string of the molecule is CCC(CC)(CN)CNC(=O)C1COC(C)C1. The maximum atomic E-state index is 12.0. The van der Waals surface area contributed by atoms with Gasteiger partial charge in [0.1, 0.15) is 0 Å². The van der Waals surface area contributed by atoms with Gasteiger partial charge in [0.05, 0.1) is 18.6 Å². The van der Waals surface area contributed by atoms with Crippen LogP contribution in [0, 0.1) is 11.3 Å². The molecule has 2 unspecified atom stereocenters. The van der Waals surface area contributed by atoms with Crippen molar-refractivity contribution >= 4 is 5.91 Å². The van der Waals surface area contributed by atoms with Crippen molar-refractivity contribution in [2.45, 2.75) is 46.1 Å². The summed E-state index contributed by atoms with van der Waals surface area (Å²) >= 11 is 0. The van der Waals surface area contributed by atoms with Crippen molar-refractivity contribution in [2.75, 3.05) is 19.7 Å². The largest absolute Gasteiger partial charge is 0.378 e. The van der Waals surface area contributed by atoms with Gasteiger partial charge in [0, 0.05) is 6.54 Å². The van der Waals surface area contributed by atoms with Crippen LogP contribution in [0.3, 0.4) is 0 Å². The summed E-state index contributed by atoms with van der Waals surface area (Å²) in [5, 5.41) is 3.04. The summed E-state index contributed by atoms with van der Waals surface area (Å²) in [5.74, 6) is 0.142. The minimum atomic E-state index is 0.0224. The monoisotopic (exact) mass is 242 g/mol. The molecule has 1 fully saturated rings. The van der Waals surface area contributed by atoms with Crippen LogP contribution >= 0.6 is 0 Å². The Morgan fingerprint density at radius 1 is 1.47 bits per heavy atom. The molecule has 100 valence electrons. The number of hydrogen-bond acceptors (Lipinski definition) is 3. The first-order valence-corrected chi connectivity index (χ1v) is 6.66. The predicted octanol–water partition coefficient (Wildman–Crippen LogP) is 1.29. The van der Waals surface area contributed by atoms with Crippen molar-refractivity contribution in [3.8, 4) is 0 Å². The van der Waals surface area contributed by atoms with E-state index in [1.54, 1.807) is 0 Å². The molecule has 3 N–H and O–H groups in total. The van der Waals surface area contributed by atoms with Gasteiger partial charge < -0.3 is 15.8 Å². The maximum Gasteiger partial charge on any atom is 0.225 e. The number of nitrogens with one attached hydrogen (secondary N) is 1. The number of amides is 1. The Hall–Kier alpha value is -0.610. The molecule has 4 heteroatoms. The third-order valence-corrected chi connectivity index (χ3v) is 4.14. The van der Waals surface area contributed by atoms with Gasteiger partial charge in [-0.1, -0.05) is 13.8 Å². The zero-order valence-electron chi connectivity index (χ0n) is 11.3. The number of carbonyl (C=O) groups is 1. The zero-order valence-corrected chi connectivity index (χ0v) is 11.3. The molecule has 1 aliphatic rings. The van der Waals surface area contributed by atoms with E-state index >= 15 is 0 Å². The number of carbonyl (C=O) groups excluding carboxylic acids is 1. The molecule has 1 aliphatic heterocycles. The quantitative estimate of drug-likeness (QED) is 0.737. The highest BCUT2D eigenvalue weighted by molar-refractivity contribution is 5.79. The molecule has 0 aliphatic carbocycles. The third-order valence-electron chi connectivity index (χ3n) is 4.14. The van der Waals surface area contributed by atoms with Crippen LogP contribution in [-0.2, 0) is 9.53 Å². The van der Waals surface area contributed by atoms with Crippen LogP contribution in [0.15, 0.2) is 0 Å². The minimum Gasteiger partial charge on any atom is -0.378 e. The summed E-state index contributed by atoms with van der Waals surface area (Å²) < 4.78 is 5.41. The number of ether oxygens (including phenoxy) is 1. The third kappa shape index (κ3) is 3.68. The lowest BCUT2D eigenvalue weighted by molar-refractivity contribution is -0.125. The normalized spacial score (nSPS) is 24.9. The summed E-state index contributed by atoms with van der Waals surface area (Å²) in [6, 6.07) is 0. The second kappa shape index (κ2) is 6.36. The summed E-state index contributed by atoms with van der Waals surface area (Å²) in [6.07, 6.45) is 3.04. The van der Waals surface area contributed by atoms with E-state index in [0.29, 0.717) is 19.7 Å². The molecule has 1 amide bonds. The fraction of sp³-hybridized carbons (Fsp3) is 0.923. The van der Waals surface area contributed by atoms with Crippen molar-refractivity contribution < 1.29 is 9.53 Å². The fourth-order valence-electron chi connectivity index (χ4n) is 2.28. The van der Waals surface area contributed by atoms with E-state index in [1.807, 2.05) is 6.92 Å². The Labute approximate surface area is 104 Å². The van der Waals surface area contributed by atoms with Crippen LogP contribution in [0.25, 0.3) is 0 Å². The van der Waals surface area contributed by atoms with Crippen LogP contribution < -0.4 is 11.1 Å². The van der Waals surface area contributed by atoms with Gasteiger partial charge in [-0.25, -0.2) is 0 Å². The topological polar surface area (TPSA) is 64.3 Å². The number of nitrogens with two attached hydrogens (primary N) is 1. The molecular formula is C13H26N2O2. The van der Waals surface area contributed by atoms with Gasteiger partial charge in [0.2, 0.25) is 5.91 Å². The molecule has 2 atom stereocenters. The van der Waals surface area contributed by atoms with Crippen LogP contribution in [-0.4, -0.2) is 31.7 Å². The van der Waals surface area contributed by atoms with Crippen LogP contribution in [0.4, 0.5) is 0 Å². The first kappa shape index (κ1) is 14.5. The van der Waals surface area contributed by atoms with Gasteiger partial charge in [-0.2, -0.15) is 0 Å². The Kier molecular flexibility index (Phi) is 5.40. The molecule has 0 radical (unpaired) electrons. The molecule has 4 nitrogen and oxygen atoms in total. The second-order valence-electron chi connectivity index (χ2n) is 5.21. The standard InChI is InChI=1S/C13H26N2O2/c1-4-13(5-2,8-14)9-15-12(16)11-6-10(3)17-7-11/h10-11H,4-9,14H2,1-3H3,(H,15,16). The lowest BCUT2D eigenvalue weighted by Gasteiger charge is -2.30. The Morgan fingerprint density at radius 3 is 2.53 bits per heavy atom. The van der Waals surface area contributed by atoms with Crippen molar-refractivity contribution in [3.05, 3.63) is 0 Å². The van der Waals surface area contributed by atoms with Crippen LogP contribution in [0.5, 0.6) is 0 Å². The summed E-state index contributed by atoms with van der Waals surface area (Å²) in [6.45, 7) is 8.13. The predicted molar refractivity (Wildman–Crippen MR) is 68.6 cm³/mol. The minimum absolute atomic E-state index is 0.0224. The van der Waals surface area contributed by atoms with Crippen molar-refractivity contribution in [1.82, 2.24) is 5.32 Å². The smallest absolute Gasteiger partial charge is 0.225 e. The van der Waals surface area contributed by atoms with E-state index in [4.69, 9.17) is 10.5 Å². The van der Waals surface area contributed by atoms with Crippen LogP contribution in [0.1, 0.15) is 40.0 Å². The summed E-state index contributed by atoms with van der Waals surface area (Å²) in [4.78, 5) is 12.0. The van der Waals surface area contributed by atoms with Gasteiger partial charge in [0.25, 0.3) is 0 Å². The van der Waals surface area contributed by atoms with Crippen molar-refractivity contribution in [3.63, 3.8) is 0 Å². The fourth-order valence-corrected chi connectivity index (χ4v) is 2.28. The molecule has 1 heterocycles. The molecule has 0 aromatic rings. The van der Waals surface area contributed by atoms with Crippen molar-refractivity contribution in [1.29, 1.82) is 0 Å². The first-order valence-electron chi connectivity index (χ1n) is 6.66. The van der Waals surface area contributed by atoms with Gasteiger partial charge in [-0.3, -0.25) is 4.79 Å². The molecule has 17 heavy (non-hydrogen) atoms. The summed E-state index contributed by atoms with van der Waals surface area (Å²) in [7, 11) is 0. The summed E-state index contributed by atoms with van der Waals surface area (Å²) in [5.41, 5.74) is 5.87. The van der Waals surface area contributed by atoms with Gasteiger partial charge in [0.15, 0.2) is 0 Å². The molecule has 0 saturated carbocycles. The van der Waals surface area contributed by atoms with Gasteiger partial charge in [-0.05, 0) is 38.1 Å². The molecule has 0 aromatic heterocycles. The molecule has 1 saturated heterocycles. The van der Waals surface area contributed by atoms with Gasteiger partial charge in [-0.15, -0.1) is 0 Å². The van der Waals surface area contributed by atoms with E-state index in [1.165, 1.54) is 0 Å². The second-order valence-corrected chi connectivity index (χ2v) is 5.21. The highest BCUT2D eigenvalue weighted by atomic mass is 16.5. The first-order chi connectivity index (χ1) is 8.06. The van der Waals surface area contributed by atoms with E-state index in [2.05, 4.69) is 19.2 Å². The molecular weight excluding hydrogens is 216 g/mol. The van der Waals surface area contributed by atoms with E-state index in [0.717, 1.165) is 19.3 Å². The average Bonchev–Trinajstić information content (AvgIpc) is 2.78. The highest BCUT2D eigenvalue weighted by Crippen LogP contribution is 2.24. The van der Waals surface area contributed by atoms with E-state index in [-0.39, 0.29) is 23.3 Å². The van der Waals surface area contributed by atoms with E-state index in [9.17, 15) is 4.79 Å². The lowest BCUT2D eigenvalue weighted by atomic mass is 9.82. The Bertz CT molecular complexity index is 244. The van der Waals surface area contributed by atoms with Gasteiger partial charge >= 0.3 is 0 Å². The average molecular weight is 242 g/mol. The molecule has 0 aromatic carbocycles. The zero-order chi connectivity index (χ0) is 12.9.